The van der Waals surface area contributed by atoms with Crippen LogP contribution in [-0.2, 0) is 20.9 Å². The van der Waals surface area contributed by atoms with Crippen LogP contribution in [0.2, 0.25) is 0 Å². The standard InChI is InChI=1S/C19H21NO5/c1-14(25-13-15-7-6-10-17(11-15)24-2)19(23)20(12-18(21)22)16-8-4-3-5-9-16/h3-11,14H,12-13H2,1-2H3,(H,21,22). The molecule has 0 saturated heterocycles. The van der Waals surface area contributed by atoms with Crippen molar-refractivity contribution in [1.29, 1.82) is 0 Å². The fourth-order valence-corrected chi connectivity index (χ4v) is 2.31. The first-order chi connectivity index (χ1) is 12.0. The largest absolute Gasteiger partial charge is 0.497 e. The Kier molecular flexibility index (Phi) is 6.54. The van der Waals surface area contributed by atoms with Crippen LogP contribution in [0.25, 0.3) is 0 Å². The van der Waals surface area contributed by atoms with Gasteiger partial charge in [0.15, 0.2) is 0 Å². The summed E-state index contributed by atoms with van der Waals surface area (Å²) in [6.07, 6.45) is -0.786. The molecular weight excluding hydrogens is 322 g/mol. The van der Waals surface area contributed by atoms with E-state index >= 15 is 0 Å². The van der Waals surface area contributed by atoms with Gasteiger partial charge in [-0.3, -0.25) is 14.5 Å². The molecule has 0 aliphatic carbocycles. The predicted molar refractivity (Wildman–Crippen MR) is 93.7 cm³/mol. The summed E-state index contributed by atoms with van der Waals surface area (Å²) in [6, 6.07) is 16.0. The van der Waals surface area contributed by atoms with E-state index in [1.807, 2.05) is 24.3 Å². The number of ether oxygens (including phenoxy) is 2. The predicted octanol–water partition coefficient (Wildman–Crippen LogP) is 2.72. The van der Waals surface area contributed by atoms with Gasteiger partial charge in [-0.25, -0.2) is 0 Å². The molecule has 1 atom stereocenters. The lowest BCUT2D eigenvalue weighted by Gasteiger charge is -2.24. The molecule has 2 aromatic rings. The van der Waals surface area contributed by atoms with Crippen LogP contribution in [0.3, 0.4) is 0 Å². The van der Waals surface area contributed by atoms with Crippen molar-refractivity contribution in [3.8, 4) is 5.75 Å². The second-order valence-corrected chi connectivity index (χ2v) is 5.46. The molecule has 1 unspecified atom stereocenters. The van der Waals surface area contributed by atoms with E-state index in [2.05, 4.69) is 0 Å². The number of nitrogens with zero attached hydrogens (tertiary/aromatic N) is 1. The third-order valence-electron chi connectivity index (χ3n) is 3.61. The minimum Gasteiger partial charge on any atom is -0.497 e. The highest BCUT2D eigenvalue weighted by Crippen LogP contribution is 2.17. The number of carbonyl (C=O) groups excluding carboxylic acids is 1. The van der Waals surface area contributed by atoms with Crippen molar-refractivity contribution >= 4 is 17.6 Å². The number of anilines is 1. The summed E-state index contributed by atoms with van der Waals surface area (Å²) in [6.45, 7) is 1.41. The number of hydrogen-bond donors (Lipinski definition) is 1. The maximum Gasteiger partial charge on any atom is 0.323 e. The van der Waals surface area contributed by atoms with Crippen molar-refractivity contribution < 1.29 is 24.2 Å². The number of methoxy groups -OCH3 is 1. The minimum atomic E-state index is -1.09. The number of carboxylic acids is 1. The molecule has 6 nitrogen and oxygen atoms in total. The van der Waals surface area contributed by atoms with Crippen LogP contribution >= 0.6 is 0 Å². The molecule has 0 heterocycles. The van der Waals surface area contributed by atoms with E-state index < -0.39 is 24.5 Å². The van der Waals surface area contributed by atoms with Crippen molar-refractivity contribution in [2.75, 3.05) is 18.6 Å². The zero-order valence-corrected chi connectivity index (χ0v) is 14.2. The highest BCUT2D eigenvalue weighted by Gasteiger charge is 2.24. The van der Waals surface area contributed by atoms with E-state index in [0.29, 0.717) is 11.4 Å². The maximum absolute atomic E-state index is 12.6. The van der Waals surface area contributed by atoms with Crippen LogP contribution in [-0.4, -0.2) is 36.7 Å². The van der Waals surface area contributed by atoms with Gasteiger partial charge in [0.25, 0.3) is 5.91 Å². The van der Waals surface area contributed by atoms with E-state index in [0.717, 1.165) is 5.56 Å². The van der Waals surface area contributed by atoms with Crippen molar-refractivity contribution in [3.63, 3.8) is 0 Å². The smallest absolute Gasteiger partial charge is 0.323 e. The molecule has 2 aromatic carbocycles. The molecule has 0 fully saturated rings. The van der Waals surface area contributed by atoms with Crippen LogP contribution in [0.4, 0.5) is 5.69 Å². The number of rotatable bonds is 8. The Hall–Kier alpha value is -2.86. The molecule has 1 amide bonds. The summed E-state index contributed by atoms with van der Waals surface area (Å²) in [4.78, 5) is 25.0. The summed E-state index contributed by atoms with van der Waals surface area (Å²) >= 11 is 0. The highest BCUT2D eigenvalue weighted by atomic mass is 16.5. The Labute approximate surface area is 146 Å². The number of carbonyl (C=O) groups is 2. The Morgan fingerprint density at radius 1 is 1.12 bits per heavy atom. The van der Waals surface area contributed by atoms with Crippen molar-refractivity contribution in [3.05, 3.63) is 60.2 Å². The fraction of sp³-hybridized carbons (Fsp3) is 0.263. The zero-order valence-electron chi connectivity index (χ0n) is 14.2. The summed E-state index contributed by atoms with van der Waals surface area (Å²) in [7, 11) is 1.58. The Bertz CT molecular complexity index is 717. The maximum atomic E-state index is 12.6. The summed E-state index contributed by atoms with van der Waals surface area (Å²) < 4.78 is 10.8. The average Bonchev–Trinajstić information content (AvgIpc) is 2.64. The van der Waals surface area contributed by atoms with Gasteiger partial charge in [-0.15, -0.1) is 0 Å². The lowest BCUT2D eigenvalue weighted by atomic mass is 10.2. The number of aliphatic carboxylic acids is 1. The molecular formula is C19H21NO5. The highest BCUT2D eigenvalue weighted by molar-refractivity contribution is 5.99. The molecule has 0 spiro atoms. The Morgan fingerprint density at radius 3 is 2.48 bits per heavy atom. The topological polar surface area (TPSA) is 76.1 Å². The number of benzene rings is 2. The molecule has 0 aliphatic rings. The Balaban J connectivity index is 2.05. The third-order valence-corrected chi connectivity index (χ3v) is 3.61. The number of para-hydroxylation sites is 1. The van der Waals surface area contributed by atoms with Crippen LogP contribution in [0.15, 0.2) is 54.6 Å². The van der Waals surface area contributed by atoms with Crippen LogP contribution in [0.1, 0.15) is 12.5 Å². The quantitative estimate of drug-likeness (QED) is 0.797. The number of amides is 1. The Morgan fingerprint density at radius 2 is 1.84 bits per heavy atom. The average molecular weight is 343 g/mol. The molecule has 0 aromatic heterocycles. The fourth-order valence-electron chi connectivity index (χ4n) is 2.31. The second-order valence-electron chi connectivity index (χ2n) is 5.46. The van der Waals surface area contributed by atoms with Gasteiger partial charge in [-0.05, 0) is 36.8 Å². The van der Waals surface area contributed by atoms with E-state index in [9.17, 15) is 9.59 Å². The van der Waals surface area contributed by atoms with Crippen molar-refractivity contribution in [1.82, 2.24) is 0 Å². The molecule has 0 saturated carbocycles. The lowest BCUT2D eigenvalue weighted by molar-refractivity contribution is -0.138. The first kappa shape index (κ1) is 18.5. The SMILES string of the molecule is COc1cccc(COC(C)C(=O)N(CC(=O)O)c2ccccc2)c1. The van der Waals surface area contributed by atoms with Gasteiger partial charge in [0.2, 0.25) is 0 Å². The van der Waals surface area contributed by atoms with Gasteiger partial charge in [0.1, 0.15) is 18.4 Å². The van der Waals surface area contributed by atoms with Crippen molar-refractivity contribution in [2.45, 2.75) is 19.6 Å². The van der Waals surface area contributed by atoms with Crippen LogP contribution < -0.4 is 9.64 Å². The summed E-state index contributed by atoms with van der Waals surface area (Å²) in [5.74, 6) is -0.787. The summed E-state index contributed by atoms with van der Waals surface area (Å²) in [5.41, 5.74) is 1.38. The molecule has 0 radical (unpaired) electrons. The third kappa shape index (κ3) is 5.32. The van der Waals surface area contributed by atoms with Gasteiger partial charge >= 0.3 is 5.97 Å². The molecule has 0 bridgehead atoms. The number of hydrogen-bond acceptors (Lipinski definition) is 4. The molecule has 132 valence electrons. The summed E-state index contributed by atoms with van der Waals surface area (Å²) in [5, 5.41) is 9.09. The molecule has 6 heteroatoms. The van der Waals surface area contributed by atoms with Crippen LogP contribution in [0.5, 0.6) is 5.75 Å². The molecule has 1 N–H and O–H groups in total. The normalized spacial score (nSPS) is 11.6. The second kappa shape index (κ2) is 8.84. The van der Waals surface area contributed by atoms with Gasteiger partial charge in [0, 0.05) is 5.69 Å². The van der Waals surface area contributed by atoms with E-state index in [1.54, 1.807) is 44.4 Å². The van der Waals surface area contributed by atoms with Crippen molar-refractivity contribution in [2.24, 2.45) is 0 Å². The lowest BCUT2D eigenvalue weighted by Crippen LogP contribution is -2.42. The molecule has 0 aliphatic heterocycles. The van der Waals surface area contributed by atoms with Gasteiger partial charge in [-0.1, -0.05) is 30.3 Å². The minimum absolute atomic E-state index is 0.222. The molecule has 25 heavy (non-hydrogen) atoms. The zero-order chi connectivity index (χ0) is 18.2. The van der Waals surface area contributed by atoms with Crippen LogP contribution in [0, 0.1) is 0 Å². The van der Waals surface area contributed by atoms with Gasteiger partial charge in [0.05, 0.1) is 13.7 Å². The first-order valence-corrected chi connectivity index (χ1v) is 7.84. The first-order valence-electron chi connectivity index (χ1n) is 7.84. The monoisotopic (exact) mass is 343 g/mol. The molecule has 2 rings (SSSR count). The van der Waals surface area contributed by atoms with Gasteiger partial charge < -0.3 is 14.6 Å². The van der Waals surface area contributed by atoms with E-state index in [1.165, 1.54) is 4.90 Å². The van der Waals surface area contributed by atoms with Gasteiger partial charge in [-0.2, -0.15) is 0 Å². The number of carboxylic acid groups (broad SMARTS) is 1. The van der Waals surface area contributed by atoms with E-state index in [4.69, 9.17) is 14.6 Å². The van der Waals surface area contributed by atoms with E-state index in [-0.39, 0.29) is 6.61 Å².